The highest BCUT2D eigenvalue weighted by molar-refractivity contribution is 6.76. The predicted octanol–water partition coefficient (Wildman–Crippen LogP) is 2.14. The van der Waals surface area contributed by atoms with Gasteiger partial charge in [-0.1, -0.05) is 19.6 Å². The fourth-order valence-corrected chi connectivity index (χ4v) is 3.49. The summed E-state index contributed by atoms with van der Waals surface area (Å²) in [6, 6.07) is 0.121. The van der Waals surface area contributed by atoms with Crippen LogP contribution in [0.2, 0.25) is 25.7 Å². The number of amides is 1. The lowest BCUT2D eigenvalue weighted by atomic mass is 10.1. The molecule has 0 aliphatic rings. The molecule has 6 nitrogen and oxygen atoms in total. The monoisotopic (exact) mass is 319 g/mol. The normalized spacial score (nSPS) is 15.0. The van der Waals surface area contributed by atoms with Crippen molar-refractivity contribution in [3.63, 3.8) is 0 Å². The first kappa shape index (κ1) is 19.9. The quantitative estimate of drug-likeness (QED) is 0.579. The van der Waals surface area contributed by atoms with Crippen LogP contribution < -0.4 is 5.32 Å². The van der Waals surface area contributed by atoms with E-state index in [1.165, 1.54) is 7.11 Å². The Bertz CT molecular complexity index is 359. The third-order valence-electron chi connectivity index (χ3n) is 2.60. The van der Waals surface area contributed by atoms with Crippen molar-refractivity contribution in [1.29, 1.82) is 0 Å². The van der Waals surface area contributed by atoms with Crippen LogP contribution in [0.3, 0.4) is 0 Å². The fourth-order valence-electron chi connectivity index (χ4n) is 1.80. The van der Waals surface area contributed by atoms with Gasteiger partial charge in [-0.25, -0.2) is 4.79 Å². The van der Waals surface area contributed by atoms with Crippen molar-refractivity contribution in [2.75, 3.05) is 7.11 Å². The second kappa shape index (κ2) is 7.79. The van der Waals surface area contributed by atoms with Crippen LogP contribution in [0.15, 0.2) is 0 Å². The van der Waals surface area contributed by atoms with E-state index in [-0.39, 0.29) is 6.42 Å². The van der Waals surface area contributed by atoms with Crippen molar-refractivity contribution in [2.24, 2.45) is 0 Å². The Hall–Kier alpha value is -1.08. The number of hydrogen-bond donors (Lipinski definition) is 2. The molecule has 7 heteroatoms. The van der Waals surface area contributed by atoms with Crippen molar-refractivity contribution >= 4 is 20.1 Å². The van der Waals surface area contributed by atoms with E-state index in [1.807, 2.05) is 0 Å². The zero-order valence-corrected chi connectivity index (χ0v) is 15.1. The molecule has 0 saturated heterocycles. The number of esters is 1. The van der Waals surface area contributed by atoms with Gasteiger partial charge in [0.15, 0.2) is 0 Å². The largest absolute Gasteiger partial charge is 0.469 e. The summed E-state index contributed by atoms with van der Waals surface area (Å²) in [5.41, 5.74) is -0.610. The first-order valence-electron chi connectivity index (χ1n) is 7.08. The summed E-state index contributed by atoms with van der Waals surface area (Å²) in [4.78, 5) is 23.2. The standard InChI is InChI=1S/C14H29NO5Si/c1-14(2,3)20-13(18)15-10(9-21(5,6)7)11(16)8-12(17)19-4/h10-11,16H,8-9H2,1-7H3,(H,15,18)/t10-,11-/m0/s1. The number of carbonyl (C=O) groups is 2. The zero-order chi connectivity index (χ0) is 16.8. The minimum absolute atomic E-state index is 0.151. The molecule has 2 N–H and O–H groups in total. The minimum Gasteiger partial charge on any atom is -0.469 e. The number of ether oxygens (including phenoxy) is 2. The van der Waals surface area contributed by atoms with Gasteiger partial charge in [-0.3, -0.25) is 4.79 Å². The van der Waals surface area contributed by atoms with Gasteiger partial charge in [0.05, 0.1) is 25.7 Å². The summed E-state index contributed by atoms with van der Waals surface area (Å²) in [6.45, 7) is 11.7. The molecule has 0 aromatic carbocycles. The molecule has 0 spiro atoms. The van der Waals surface area contributed by atoms with E-state index in [0.29, 0.717) is 6.04 Å². The van der Waals surface area contributed by atoms with E-state index < -0.39 is 37.9 Å². The van der Waals surface area contributed by atoms with Crippen LogP contribution >= 0.6 is 0 Å². The van der Waals surface area contributed by atoms with Crippen molar-refractivity contribution in [2.45, 2.75) is 70.6 Å². The third kappa shape index (κ3) is 10.3. The average Bonchev–Trinajstić information content (AvgIpc) is 2.23. The van der Waals surface area contributed by atoms with Gasteiger partial charge in [0, 0.05) is 8.07 Å². The van der Waals surface area contributed by atoms with Gasteiger partial charge in [0.2, 0.25) is 0 Å². The van der Waals surface area contributed by atoms with E-state index in [9.17, 15) is 14.7 Å². The summed E-state index contributed by atoms with van der Waals surface area (Å²) >= 11 is 0. The Balaban J connectivity index is 4.81. The van der Waals surface area contributed by atoms with Crippen LogP contribution in [-0.4, -0.2) is 50.1 Å². The number of aliphatic hydroxyl groups is 1. The number of methoxy groups -OCH3 is 1. The summed E-state index contributed by atoms with van der Waals surface area (Å²) in [5.74, 6) is -0.505. The number of carbonyl (C=O) groups excluding carboxylic acids is 2. The molecular weight excluding hydrogens is 290 g/mol. The molecule has 0 bridgehead atoms. The topological polar surface area (TPSA) is 84.9 Å². The van der Waals surface area contributed by atoms with E-state index in [2.05, 4.69) is 29.7 Å². The predicted molar refractivity (Wildman–Crippen MR) is 84.0 cm³/mol. The molecule has 0 fully saturated rings. The molecule has 0 radical (unpaired) electrons. The van der Waals surface area contributed by atoms with Crippen molar-refractivity contribution in [3.05, 3.63) is 0 Å². The molecule has 0 rings (SSSR count). The van der Waals surface area contributed by atoms with Crippen LogP contribution in [0.5, 0.6) is 0 Å². The number of alkyl carbamates (subject to hydrolysis) is 1. The molecule has 124 valence electrons. The maximum atomic E-state index is 11.9. The lowest BCUT2D eigenvalue weighted by molar-refractivity contribution is -0.143. The second-order valence-electron chi connectivity index (χ2n) is 7.37. The van der Waals surface area contributed by atoms with E-state index in [1.54, 1.807) is 20.8 Å². The Morgan fingerprint density at radius 1 is 1.24 bits per heavy atom. The average molecular weight is 319 g/mol. The van der Waals surface area contributed by atoms with E-state index >= 15 is 0 Å². The third-order valence-corrected chi connectivity index (χ3v) is 4.27. The first-order chi connectivity index (χ1) is 9.34. The number of rotatable bonds is 6. The number of aliphatic hydroxyl groups excluding tert-OH is 1. The van der Waals surface area contributed by atoms with Crippen LogP contribution in [0.25, 0.3) is 0 Å². The number of hydrogen-bond acceptors (Lipinski definition) is 5. The number of nitrogens with one attached hydrogen (secondary N) is 1. The molecule has 2 atom stereocenters. The molecule has 0 heterocycles. The van der Waals surface area contributed by atoms with Crippen LogP contribution in [-0.2, 0) is 14.3 Å². The van der Waals surface area contributed by atoms with Gasteiger partial charge in [-0.05, 0) is 26.8 Å². The molecule has 0 aromatic heterocycles. The van der Waals surface area contributed by atoms with Gasteiger partial charge < -0.3 is 19.9 Å². The SMILES string of the molecule is COC(=O)C[C@H](O)[C@H](C[Si](C)(C)C)NC(=O)OC(C)(C)C. The highest BCUT2D eigenvalue weighted by atomic mass is 28.3. The summed E-state index contributed by atoms with van der Waals surface area (Å²) in [6.07, 6.45) is -1.73. The molecule has 21 heavy (non-hydrogen) atoms. The lowest BCUT2D eigenvalue weighted by Gasteiger charge is -2.30. The molecule has 0 unspecified atom stereocenters. The summed E-state index contributed by atoms with van der Waals surface area (Å²) in [7, 11) is -0.284. The van der Waals surface area contributed by atoms with Crippen molar-refractivity contribution in [1.82, 2.24) is 5.32 Å². The Morgan fingerprint density at radius 3 is 2.14 bits per heavy atom. The molecule has 0 saturated carbocycles. The van der Waals surface area contributed by atoms with Gasteiger partial charge in [0.25, 0.3) is 0 Å². The van der Waals surface area contributed by atoms with Gasteiger partial charge in [0.1, 0.15) is 5.60 Å². The molecule has 0 aromatic rings. The van der Waals surface area contributed by atoms with E-state index in [4.69, 9.17) is 4.74 Å². The molecular formula is C14H29NO5Si. The van der Waals surface area contributed by atoms with Crippen LogP contribution in [0.1, 0.15) is 27.2 Å². The zero-order valence-electron chi connectivity index (χ0n) is 14.1. The van der Waals surface area contributed by atoms with Gasteiger partial charge in [-0.15, -0.1) is 0 Å². The molecule has 0 aliphatic carbocycles. The Kier molecular flexibility index (Phi) is 7.39. The Labute approximate surface area is 128 Å². The van der Waals surface area contributed by atoms with Crippen molar-refractivity contribution in [3.8, 4) is 0 Å². The highest BCUT2D eigenvalue weighted by Crippen LogP contribution is 2.17. The molecule has 0 aliphatic heterocycles. The summed E-state index contributed by atoms with van der Waals surface area (Å²) < 4.78 is 9.76. The first-order valence-corrected chi connectivity index (χ1v) is 10.8. The molecule has 1 amide bonds. The summed E-state index contributed by atoms with van der Waals surface area (Å²) in [5, 5.41) is 12.8. The minimum atomic E-state index is -1.55. The van der Waals surface area contributed by atoms with Crippen molar-refractivity contribution < 1.29 is 24.2 Å². The highest BCUT2D eigenvalue weighted by Gasteiger charge is 2.30. The maximum Gasteiger partial charge on any atom is 0.407 e. The van der Waals surface area contributed by atoms with Gasteiger partial charge in [-0.2, -0.15) is 0 Å². The smallest absolute Gasteiger partial charge is 0.407 e. The fraction of sp³-hybridized carbons (Fsp3) is 0.857. The van der Waals surface area contributed by atoms with Gasteiger partial charge >= 0.3 is 12.1 Å². The van der Waals surface area contributed by atoms with E-state index in [0.717, 1.165) is 0 Å². The maximum absolute atomic E-state index is 11.9. The second-order valence-corrected chi connectivity index (χ2v) is 12.9. The Morgan fingerprint density at radius 2 is 1.76 bits per heavy atom. The van der Waals surface area contributed by atoms with Crippen LogP contribution in [0, 0.1) is 0 Å². The lowest BCUT2D eigenvalue weighted by Crippen LogP contribution is -2.49. The van der Waals surface area contributed by atoms with Crippen LogP contribution in [0.4, 0.5) is 4.79 Å².